The molecule has 6 nitrogen and oxygen atoms in total. The average molecular weight is 425 g/mol. The number of nitrogens with one attached hydrogen (secondary N) is 1. The fourth-order valence-corrected chi connectivity index (χ4v) is 4.27. The molecule has 0 aliphatic heterocycles. The van der Waals surface area contributed by atoms with E-state index in [0.29, 0.717) is 42.5 Å². The van der Waals surface area contributed by atoms with E-state index >= 15 is 0 Å². The number of ether oxygens (including phenoxy) is 1. The summed E-state index contributed by atoms with van der Waals surface area (Å²) in [5.41, 5.74) is 1.08. The summed E-state index contributed by atoms with van der Waals surface area (Å²) in [5, 5.41) is 3.14. The summed E-state index contributed by atoms with van der Waals surface area (Å²) in [7, 11) is -3.94. The number of sulfonamides is 1. The first-order valence-electron chi connectivity index (χ1n) is 9.04. The molecule has 2 rings (SSSR count). The molecular formula is C20H25ClN2O4S. The molecule has 8 heteroatoms. The minimum atomic E-state index is -3.94. The van der Waals surface area contributed by atoms with Gasteiger partial charge in [0, 0.05) is 24.8 Å². The van der Waals surface area contributed by atoms with Gasteiger partial charge in [0.2, 0.25) is 5.91 Å². The van der Waals surface area contributed by atoms with E-state index in [-0.39, 0.29) is 11.4 Å². The van der Waals surface area contributed by atoms with E-state index in [9.17, 15) is 13.2 Å². The zero-order valence-corrected chi connectivity index (χ0v) is 17.6. The lowest BCUT2D eigenvalue weighted by Crippen LogP contribution is -2.41. The van der Waals surface area contributed by atoms with Gasteiger partial charge in [-0.15, -0.1) is 0 Å². The normalized spacial score (nSPS) is 11.2. The second kappa shape index (κ2) is 10.5. The van der Waals surface area contributed by atoms with Gasteiger partial charge in [0.1, 0.15) is 6.54 Å². The molecule has 0 fully saturated rings. The van der Waals surface area contributed by atoms with Crippen LogP contribution in [-0.4, -0.2) is 40.6 Å². The van der Waals surface area contributed by atoms with Crippen molar-refractivity contribution in [3.8, 4) is 0 Å². The van der Waals surface area contributed by atoms with Crippen molar-refractivity contribution in [2.24, 2.45) is 0 Å². The van der Waals surface area contributed by atoms with Crippen LogP contribution in [0.3, 0.4) is 0 Å². The number of carbonyl (C=O) groups excluding carboxylic acids is 1. The SMILES string of the molecule is CCOCCCNC(=O)CN(c1cc(Cl)ccc1C)S(=O)(=O)c1ccccc1. The molecular weight excluding hydrogens is 400 g/mol. The lowest BCUT2D eigenvalue weighted by Gasteiger charge is -2.25. The zero-order chi connectivity index (χ0) is 20.6. The number of hydrogen-bond acceptors (Lipinski definition) is 4. The Bertz CT molecular complexity index is 888. The number of benzene rings is 2. The summed E-state index contributed by atoms with van der Waals surface area (Å²) in [5.74, 6) is -0.393. The lowest BCUT2D eigenvalue weighted by atomic mass is 10.2. The van der Waals surface area contributed by atoms with Crippen LogP contribution in [0.15, 0.2) is 53.4 Å². The fourth-order valence-electron chi connectivity index (χ4n) is 2.60. The van der Waals surface area contributed by atoms with Crippen LogP contribution < -0.4 is 9.62 Å². The largest absolute Gasteiger partial charge is 0.382 e. The molecule has 152 valence electrons. The number of halogens is 1. The van der Waals surface area contributed by atoms with Gasteiger partial charge < -0.3 is 10.1 Å². The minimum Gasteiger partial charge on any atom is -0.382 e. The Morgan fingerprint density at radius 2 is 1.89 bits per heavy atom. The second-order valence-corrected chi connectivity index (χ2v) is 8.45. The molecule has 1 amide bonds. The Kier molecular flexibility index (Phi) is 8.29. The molecule has 0 bridgehead atoms. The van der Waals surface area contributed by atoms with E-state index in [2.05, 4.69) is 5.32 Å². The van der Waals surface area contributed by atoms with E-state index in [1.165, 1.54) is 12.1 Å². The molecule has 0 aromatic heterocycles. The van der Waals surface area contributed by atoms with Crippen LogP contribution in [0.1, 0.15) is 18.9 Å². The molecule has 0 radical (unpaired) electrons. The standard InChI is InChI=1S/C20H25ClN2O4S/c1-3-27-13-7-12-22-20(24)15-23(19-14-17(21)11-10-16(19)2)28(25,26)18-8-5-4-6-9-18/h4-6,8-11,14H,3,7,12-13,15H2,1-2H3,(H,22,24). The van der Waals surface area contributed by atoms with E-state index in [1.54, 1.807) is 43.3 Å². The molecule has 2 aromatic carbocycles. The molecule has 0 aliphatic rings. The summed E-state index contributed by atoms with van der Waals surface area (Å²) in [6.45, 7) is 4.90. The first kappa shape index (κ1) is 22.2. The topological polar surface area (TPSA) is 75.7 Å². The number of carbonyl (C=O) groups is 1. The van der Waals surface area contributed by atoms with Crippen molar-refractivity contribution < 1.29 is 17.9 Å². The van der Waals surface area contributed by atoms with Gasteiger partial charge in [0.15, 0.2) is 0 Å². The third kappa shape index (κ3) is 5.95. The first-order chi connectivity index (χ1) is 13.4. The van der Waals surface area contributed by atoms with Gasteiger partial charge in [-0.1, -0.05) is 35.9 Å². The van der Waals surface area contributed by atoms with Crippen molar-refractivity contribution in [1.29, 1.82) is 0 Å². The third-order valence-electron chi connectivity index (χ3n) is 4.05. The van der Waals surface area contributed by atoms with Crippen LogP contribution in [-0.2, 0) is 19.6 Å². The minimum absolute atomic E-state index is 0.110. The van der Waals surface area contributed by atoms with Crippen molar-refractivity contribution >= 4 is 33.2 Å². The fraction of sp³-hybridized carbons (Fsp3) is 0.350. The Hall–Kier alpha value is -2.09. The molecule has 0 saturated carbocycles. The monoisotopic (exact) mass is 424 g/mol. The van der Waals surface area contributed by atoms with E-state index < -0.39 is 15.9 Å². The smallest absolute Gasteiger partial charge is 0.264 e. The summed E-state index contributed by atoms with van der Waals surface area (Å²) < 4.78 is 32.8. The predicted molar refractivity (Wildman–Crippen MR) is 111 cm³/mol. The maximum Gasteiger partial charge on any atom is 0.264 e. The van der Waals surface area contributed by atoms with Gasteiger partial charge in [-0.05, 0) is 50.1 Å². The van der Waals surface area contributed by atoms with Crippen molar-refractivity contribution in [3.05, 3.63) is 59.1 Å². The molecule has 0 heterocycles. The van der Waals surface area contributed by atoms with Crippen LogP contribution in [0.25, 0.3) is 0 Å². The first-order valence-corrected chi connectivity index (χ1v) is 10.9. The van der Waals surface area contributed by atoms with Crippen molar-refractivity contribution in [3.63, 3.8) is 0 Å². The van der Waals surface area contributed by atoms with Crippen molar-refractivity contribution in [2.45, 2.75) is 25.2 Å². The molecule has 0 spiro atoms. The van der Waals surface area contributed by atoms with Crippen molar-refractivity contribution in [1.82, 2.24) is 5.32 Å². The highest BCUT2D eigenvalue weighted by Crippen LogP contribution is 2.29. The second-order valence-electron chi connectivity index (χ2n) is 6.16. The van der Waals surface area contributed by atoms with E-state index in [0.717, 1.165) is 4.31 Å². The van der Waals surface area contributed by atoms with E-state index in [4.69, 9.17) is 16.3 Å². The lowest BCUT2D eigenvalue weighted by molar-refractivity contribution is -0.119. The number of hydrogen-bond donors (Lipinski definition) is 1. The van der Waals surface area contributed by atoms with Gasteiger partial charge in [-0.3, -0.25) is 9.10 Å². The molecule has 0 saturated heterocycles. The number of nitrogens with zero attached hydrogens (tertiary/aromatic N) is 1. The molecule has 28 heavy (non-hydrogen) atoms. The van der Waals surface area contributed by atoms with Crippen molar-refractivity contribution in [2.75, 3.05) is 30.6 Å². The Morgan fingerprint density at radius 3 is 2.57 bits per heavy atom. The Balaban J connectivity index is 2.27. The van der Waals surface area contributed by atoms with Crippen LogP contribution in [0.4, 0.5) is 5.69 Å². The Morgan fingerprint density at radius 1 is 1.18 bits per heavy atom. The third-order valence-corrected chi connectivity index (χ3v) is 6.06. The number of anilines is 1. The van der Waals surface area contributed by atoms with Gasteiger partial charge >= 0.3 is 0 Å². The quantitative estimate of drug-likeness (QED) is 0.593. The van der Waals surface area contributed by atoms with Crippen LogP contribution in [0, 0.1) is 6.92 Å². The van der Waals surface area contributed by atoms with Crippen LogP contribution in [0.2, 0.25) is 5.02 Å². The van der Waals surface area contributed by atoms with Crippen LogP contribution >= 0.6 is 11.6 Å². The highest BCUT2D eigenvalue weighted by atomic mass is 35.5. The number of aryl methyl sites for hydroxylation is 1. The van der Waals surface area contributed by atoms with Gasteiger partial charge in [0.05, 0.1) is 10.6 Å². The van der Waals surface area contributed by atoms with E-state index in [1.807, 2.05) is 6.92 Å². The molecule has 0 aliphatic carbocycles. The maximum atomic E-state index is 13.2. The molecule has 1 N–H and O–H groups in total. The highest BCUT2D eigenvalue weighted by Gasteiger charge is 2.28. The highest BCUT2D eigenvalue weighted by molar-refractivity contribution is 7.92. The average Bonchev–Trinajstić information content (AvgIpc) is 2.68. The summed E-state index contributed by atoms with van der Waals surface area (Å²) in [6, 6.07) is 13.0. The Labute approximate surface area is 171 Å². The maximum absolute atomic E-state index is 13.2. The van der Waals surface area contributed by atoms with Crippen LogP contribution in [0.5, 0.6) is 0 Å². The summed E-state index contributed by atoms with van der Waals surface area (Å²) in [6.07, 6.45) is 0.654. The number of amides is 1. The zero-order valence-electron chi connectivity index (χ0n) is 16.0. The molecule has 0 atom stereocenters. The predicted octanol–water partition coefficient (Wildman–Crippen LogP) is 3.39. The summed E-state index contributed by atoms with van der Waals surface area (Å²) in [4.78, 5) is 12.6. The summed E-state index contributed by atoms with van der Waals surface area (Å²) >= 11 is 6.09. The van der Waals surface area contributed by atoms with Gasteiger partial charge in [-0.2, -0.15) is 0 Å². The van der Waals surface area contributed by atoms with Gasteiger partial charge in [-0.25, -0.2) is 8.42 Å². The molecule has 0 unspecified atom stereocenters. The number of rotatable bonds is 10. The van der Waals surface area contributed by atoms with Gasteiger partial charge in [0.25, 0.3) is 10.0 Å². The molecule has 2 aromatic rings.